The van der Waals surface area contributed by atoms with E-state index in [0.717, 1.165) is 24.0 Å². The zero-order chi connectivity index (χ0) is 24.0. The minimum atomic E-state index is -1.56. The summed E-state index contributed by atoms with van der Waals surface area (Å²) in [6.45, 7) is 10.4. The number of esters is 1. The van der Waals surface area contributed by atoms with Crippen molar-refractivity contribution >= 4 is 17.8 Å². The molecule has 1 N–H and O–H groups in total. The molecule has 0 amide bonds. The summed E-state index contributed by atoms with van der Waals surface area (Å²) in [6, 6.07) is 9.57. The Morgan fingerprint density at radius 3 is 2.52 bits per heavy atom. The van der Waals surface area contributed by atoms with Crippen LogP contribution >= 0.6 is 0 Å². The molecule has 1 aromatic carbocycles. The second-order valence-corrected chi connectivity index (χ2v) is 11.0. The van der Waals surface area contributed by atoms with Gasteiger partial charge in [0.15, 0.2) is 5.78 Å². The Labute approximate surface area is 197 Å². The van der Waals surface area contributed by atoms with Crippen LogP contribution < -0.4 is 0 Å². The van der Waals surface area contributed by atoms with Gasteiger partial charge in [0, 0.05) is 6.08 Å². The molecule has 3 aliphatic rings. The van der Waals surface area contributed by atoms with Crippen LogP contribution in [-0.2, 0) is 14.3 Å². The minimum absolute atomic E-state index is 0.136. The Hall–Kier alpha value is -2.46. The first-order valence-electron chi connectivity index (χ1n) is 12.1. The maximum absolute atomic E-state index is 13.5. The lowest BCUT2D eigenvalue weighted by Crippen LogP contribution is -2.45. The van der Waals surface area contributed by atoms with E-state index in [-0.39, 0.29) is 23.5 Å². The molecule has 4 heteroatoms. The van der Waals surface area contributed by atoms with Gasteiger partial charge in [-0.05, 0) is 73.5 Å². The van der Waals surface area contributed by atoms with E-state index < -0.39 is 23.6 Å². The van der Waals surface area contributed by atoms with Gasteiger partial charge in [0.1, 0.15) is 11.7 Å². The first-order valence-corrected chi connectivity index (χ1v) is 12.1. The molecule has 2 fully saturated rings. The van der Waals surface area contributed by atoms with E-state index in [1.165, 1.54) is 6.08 Å². The molecule has 4 nitrogen and oxygen atoms in total. The molecule has 0 bridgehead atoms. The molecule has 4 rings (SSSR count). The summed E-state index contributed by atoms with van der Waals surface area (Å²) in [5.74, 6) is -0.465. The summed E-state index contributed by atoms with van der Waals surface area (Å²) in [6.07, 6.45) is 8.93. The van der Waals surface area contributed by atoms with E-state index in [1.54, 1.807) is 6.08 Å². The summed E-state index contributed by atoms with van der Waals surface area (Å²) in [7, 11) is 0. The van der Waals surface area contributed by atoms with E-state index in [0.29, 0.717) is 17.4 Å². The Morgan fingerprint density at radius 2 is 1.82 bits per heavy atom. The molecule has 0 heterocycles. The number of aliphatic hydroxyl groups is 1. The van der Waals surface area contributed by atoms with E-state index in [9.17, 15) is 14.7 Å². The van der Waals surface area contributed by atoms with Crippen LogP contribution in [0.15, 0.2) is 59.7 Å². The van der Waals surface area contributed by atoms with Gasteiger partial charge in [-0.2, -0.15) is 0 Å². The molecular weight excluding hydrogens is 412 g/mol. The van der Waals surface area contributed by atoms with E-state index >= 15 is 0 Å². The Kier molecular flexibility index (Phi) is 6.26. The molecule has 0 radical (unpaired) electrons. The molecule has 0 aliphatic heterocycles. The third-order valence-electron chi connectivity index (χ3n) is 8.20. The van der Waals surface area contributed by atoms with Crippen molar-refractivity contribution in [3.05, 3.63) is 65.3 Å². The molecule has 1 aromatic rings. The van der Waals surface area contributed by atoms with Crippen LogP contribution in [0.2, 0.25) is 0 Å². The molecule has 2 saturated carbocycles. The van der Waals surface area contributed by atoms with Crippen molar-refractivity contribution in [3.63, 3.8) is 0 Å². The highest BCUT2D eigenvalue weighted by atomic mass is 16.5. The van der Waals surface area contributed by atoms with Crippen molar-refractivity contribution < 1.29 is 19.4 Å². The van der Waals surface area contributed by atoms with Gasteiger partial charge in [0.25, 0.3) is 0 Å². The highest BCUT2D eigenvalue weighted by molar-refractivity contribution is 6.02. The number of Topliss-reactive ketones (excluding diaryl/α,β-unsaturated/α-hetero) is 1. The fourth-order valence-electron chi connectivity index (χ4n) is 6.07. The number of rotatable bonds is 3. The number of benzene rings is 1. The van der Waals surface area contributed by atoms with Crippen molar-refractivity contribution in [1.29, 1.82) is 0 Å². The van der Waals surface area contributed by atoms with Crippen LogP contribution in [0, 0.1) is 29.1 Å². The molecule has 3 aliphatic carbocycles. The van der Waals surface area contributed by atoms with Gasteiger partial charge in [0.2, 0.25) is 0 Å². The third kappa shape index (κ3) is 4.50. The number of allylic oxidation sites excluding steroid dienone is 2. The lowest BCUT2D eigenvalue weighted by atomic mass is 9.81. The number of ether oxygens (including phenoxy) is 1. The van der Waals surface area contributed by atoms with Gasteiger partial charge >= 0.3 is 5.97 Å². The van der Waals surface area contributed by atoms with Gasteiger partial charge in [-0.15, -0.1) is 0 Å². The van der Waals surface area contributed by atoms with Gasteiger partial charge in [-0.1, -0.05) is 68.8 Å². The van der Waals surface area contributed by atoms with Gasteiger partial charge in [0.05, 0.1) is 5.92 Å². The molecule has 0 saturated heterocycles. The first kappa shape index (κ1) is 23.7. The van der Waals surface area contributed by atoms with E-state index in [1.807, 2.05) is 50.3 Å². The van der Waals surface area contributed by atoms with Crippen molar-refractivity contribution in [2.75, 3.05) is 0 Å². The Morgan fingerprint density at radius 1 is 1.12 bits per heavy atom. The van der Waals surface area contributed by atoms with E-state index in [2.05, 4.69) is 26.8 Å². The molecule has 6 atom stereocenters. The van der Waals surface area contributed by atoms with Gasteiger partial charge in [-0.3, -0.25) is 4.79 Å². The lowest BCUT2D eigenvalue weighted by Gasteiger charge is -2.30. The second kappa shape index (κ2) is 8.72. The SMILES string of the molecule is C/C1=C/[C@H]2[C@@H](OC(=O)/C=C/c3ccccc3)[C@@H](C)C[C@]2(O)C(=O)/C(C)=C\[C@H]2[C@H](CC1)C2(C)C. The molecule has 0 aromatic heterocycles. The van der Waals surface area contributed by atoms with Crippen LogP contribution in [0.25, 0.3) is 6.08 Å². The van der Waals surface area contributed by atoms with Crippen LogP contribution in [-0.4, -0.2) is 28.6 Å². The maximum atomic E-state index is 13.5. The standard InChI is InChI=1S/C29H36O4/c1-18-11-13-22-23(28(22,4)5)16-19(2)27(31)29(32)17-20(3)26(24(29)15-18)33-25(30)14-12-21-9-7-6-8-10-21/h6-10,12,14-16,20,22-24,26,32H,11,13,17H2,1-5H3/b14-12+,18-15-,19-16-/t20-,22-,23-,24-,26-,29+/m0/s1. The number of hydrogen-bond acceptors (Lipinski definition) is 4. The van der Waals surface area contributed by atoms with Crippen molar-refractivity contribution in [3.8, 4) is 0 Å². The molecule has 176 valence electrons. The number of carbonyl (C=O) groups is 2. The summed E-state index contributed by atoms with van der Waals surface area (Å²) < 4.78 is 5.87. The molecule has 0 spiro atoms. The predicted octanol–water partition coefficient (Wildman–Crippen LogP) is 5.53. The predicted molar refractivity (Wildman–Crippen MR) is 130 cm³/mol. The molecular formula is C29H36O4. The maximum Gasteiger partial charge on any atom is 0.331 e. The summed E-state index contributed by atoms with van der Waals surface area (Å²) in [5.41, 5.74) is 1.30. The Bertz CT molecular complexity index is 1020. The fraction of sp³-hybridized carbons (Fsp3) is 0.517. The first-order chi connectivity index (χ1) is 15.5. The van der Waals surface area contributed by atoms with Crippen molar-refractivity contribution in [2.45, 2.75) is 65.6 Å². The molecule has 0 unspecified atom stereocenters. The summed E-state index contributed by atoms with van der Waals surface area (Å²) in [5, 5.41) is 11.7. The quantitative estimate of drug-likeness (QED) is 0.375. The minimum Gasteiger partial charge on any atom is -0.458 e. The van der Waals surface area contributed by atoms with E-state index in [4.69, 9.17) is 4.74 Å². The second-order valence-electron chi connectivity index (χ2n) is 11.0. The normalized spacial score (nSPS) is 38.8. The highest BCUT2D eigenvalue weighted by Gasteiger charge is 2.59. The van der Waals surface area contributed by atoms with Crippen molar-refractivity contribution in [1.82, 2.24) is 0 Å². The van der Waals surface area contributed by atoms with Crippen LogP contribution in [0.4, 0.5) is 0 Å². The number of fused-ring (bicyclic) bond motifs is 2. The van der Waals surface area contributed by atoms with Crippen molar-refractivity contribution in [2.24, 2.45) is 29.1 Å². The number of hydrogen-bond donors (Lipinski definition) is 1. The average Bonchev–Trinajstić information content (AvgIpc) is 3.20. The topological polar surface area (TPSA) is 63.6 Å². The van der Waals surface area contributed by atoms with Crippen LogP contribution in [0.3, 0.4) is 0 Å². The average molecular weight is 449 g/mol. The fourth-order valence-corrected chi connectivity index (χ4v) is 6.07. The summed E-state index contributed by atoms with van der Waals surface area (Å²) >= 11 is 0. The highest BCUT2D eigenvalue weighted by Crippen LogP contribution is 2.62. The number of ketones is 1. The number of carbonyl (C=O) groups excluding carboxylic acids is 2. The Balaban J connectivity index is 1.61. The third-order valence-corrected chi connectivity index (χ3v) is 8.20. The smallest absolute Gasteiger partial charge is 0.331 e. The molecule has 33 heavy (non-hydrogen) atoms. The zero-order valence-electron chi connectivity index (χ0n) is 20.4. The lowest BCUT2D eigenvalue weighted by molar-refractivity contribution is -0.150. The zero-order valence-corrected chi connectivity index (χ0v) is 20.4. The van der Waals surface area contributed by atoms with Crippen LogP contribution in [0.1, 0.15) is 59.4 Å². The van der Waals surface area contributed by atoms with Gasteiger partial charge in [-0.25, -0.2) is 4.79 Å². The largest absolute Gasteiger partial charge is 0.458 e. The monoisotopic (exact) mass is 448 g/mol. The van der Waals surface area contributed by atoms with Crippen LogP contribution in [0.5, 0.6) is 0 Å². The summed E-state index contributed by atoms with van der Waals surface area (Å²) in [4.78, 5) is 26.2. The van der Waals surface area contributed by atoms with Gasteiger partial charge < -0.3 is 9.84 Å².